The third-order valence-electron chi connectivity index (χ3n) is 2.15. The Hall–Kier alpha value is -2.57. The highest BCUT2D eigenvalue weighted by molar-refractivity contribution is 5.87. The minimum Gasteiger partial charge on any atom is -0.478 e. The molecule has 0 saturated carbocycles. The summed E-state index contributed by atoms with van der Waals surface area (Å²) in [5.41, 5.74) is -0.104. The van der Waals surface area contributed by atoms with Crippen LogP contribution in [0.5, 0.6) is 11.6 Å². The molecule has 2 aromatic rings. The second-order valence-electron chi connectivity index (χ2n) is 3.49. The van der Waals surface area contributed by atoms with E-state index in [1.165, 1.54) is 0 Å². The fraction of sp³-hybridized carbons (Fsp3) is 0. The summed E-state index contributed by atoms with van der Waals surface area (Å²) in [4.78, 5) is 14.1. The summed E-state index contributed by atoms with van der Waals surface area (Å²) >= 11 is 0. The molecule has 19 heavy (non-hydrogen) atoms. The lowest BCUT2D eigenvalue weighted by Gasteiger charge is -2.07. The van der Waals surface area contributed by atoms with E-state index in [2.05, 4.69) is 4.98 Å². The van der Waals surface area contributed by atoms with Crippen LogP contribution < -0.4 is 4.74 Å². The molecule has 0 unspecified atom stereocenters. The van der Waals surface area contributed by atoms with Crippen molar-refractivity contribution in [3.8, 4) is 11.6 Å². The first-order valence-corrected chi connectivity index (χ1v) is 4.99. The van der Waals surface area contributed by atoms with Crippen LogP contribution in [-0.2, 0) is 0 Å². The predicted molar refractivity (Wildman–Crippen MR) is 57.6 cm³/mol. The molecule has 1 N–H and O–H groups in total. The quantitative estimate of drug-likeness (QED) is 0.930. The Kier molecular flexibility index (Phi) is 3.37. The lowest BCUT2D eigenvalue weighted by Crippen LogP contribution is -1.99. The molecule has 0 aliphatic carbocycles. The molecule has 98 valence electrons. The van der Waals surface area contributed by atoms with Gasteiger partial charge >= 0.3 is 5.97 Å². The van der Waals surface area contributed by atoms with Gasteiger partial charge in [-0.05, 0) is 6.07 Å². The molecule has 4 nitrogen and oxygen atoms in total. The van der Waals surface area contributed by atoms with Gasteiger partial charge in [-0.1, -0.05) is 0 Å². The molecule has 0 bridgehead atoms. The largest absolute Gasteiger partial charge is 0.478 e. The molecule has 0 aliphatic rings. The summed E-state index contributed by atoms with van der Waals surface area (Å²) in [6.45, 7) is 0. The van der Waals surface area contributed by atoms with Crippen LogP contribution in [0, 0.1) is 17.5 Å². The number of aromatic nitrogens is 1. The molecule has 0 fully saturated rings. The highest BCUT2D eigenvalue weighted by Crippen LogP contribution is 2.27. The summed E-state index contributed by atoms with van der Waals surface area (Å²) in [5, 5.41) is 8.64. The molecule has 1 aromatic heterocycles. The fourth-order valence-electron chi connectivity index (χ4n) is 1.30. The number of rotatable bonds is 3. The molecule has 0 aliphatic heterocycles. The monoisotopic (exact) mass is 269 g/mol. The zero-order chi connectivity index (χ0) is 14.0. The van der Waals surface area contributed by atoms with Crippen molar-refractivity contribution in [1.82, 2.24) is 4.98 Å². The lowest BCUT2D eigenvalue weighted by atomic mass is 10.3. The number of carbonyl (C=O) groups is 1. The Morgan fingerprint density at radius 2 is 1.79 bits per heavy atom. The summed E-state index contributed by atoms with van der Waals surface area (Å²) in [6, 6.07) is 3.21. The van der Waals surface area contributed by atoms with Crippen molar-refractivity contribution in [2.24, 2.45) is 0 Å². The number of hydrogen-bond acceptors (Lipinski definition) is 3. The van der Waals surface area contributed by atoms with Crippen LogP contribution in [0.4, 0.5) is 13.2 Å². The third kappa shape index (κ3) is 2.82. The number of benzene rings is 1. The van der Waals surface area contributed by atoms with E-state index in [0.29, 0.717) is 12.1 Å². The summed E-state index contributed by atoms with van der Waals surface area (Å²) < 4.78 is 44.0. The minimum absolute atomic E-state index is 0.104. The van der Waals surface area contributed by atoms with Gasteiger partial charge < -0.3 is 9.84 Å². The molecule has 0 saturated heterocycles. The van der Waals surface area contributed by atoms with Crippen LogP contribution in [0.3, 0.4) is 0 Å². The average Bonchev–Trinajstić information content (AvgIpc) is 2.34. The Morgan fingerprint density at radius 3 is 2.26 bits per heavy atom. The molecular weight excluding hydrogens is 263 g/mol. The van der Waals surface area contributed by atoms with E-state index >= 15 is 0 Å². The number of carboxylic acids is 1. The molecular formula is C12H6F3NO3. The van der Waals surface area contributed by atoms with E-state index in [-0.39, 0.29) is 11.4 Å². The summed E-state index contributed by atoms with van der Waals surface area (Å²) in [7, 11) is 0. The number of halogens is 3. The number of aromatic carboxylic acids is 1. The topological polar surface area (TPSA) is 59.4 Å². The van der Waals surface area contributed by atoms with Gasteiger partial charge in [0.15, 0.2) is 11.6 Å². The number of pyridine rings is 1. The second kappa shape index (κ2) is 4.97. The maximum Gasteiger partial charge on any atom is 0.337 e. The first-order valence-electron chi connectivity index (χ1n) is 4.99. The molecule has 0 spiro atoms. The van der Waals surface area contributed by atoms with Gasteiger partial charge in [0, 0.05) is 24.4 Å². The zero-order valence-corrected chi connectivity index (χ0v) is 9.23. The van der Waals surface area contributed by atoms with Crippen molar-refractivity contribution < 1.29 is 27.8 Å². The van der Waals surface area contributed by atoms with Gasteiger partial charge in [0.25, 0.3) is 0 Å². The van der Waals surface area contributed by atoms with E-state index in [1.807, 2.05) is 0 Å². The van der Waals surface area contributed by atoms with E-state index in [4.69, 9.17) is 9.84 Å². The molecule has 2 rings (SSSR count). The summed E-state index contributed by atoms with van der Waals surface area (Å²) in [5.74, 6) is -5.73. The van der Waals surface area contributed by atoms with Crippen LogP contribution in [0.15, 0.2) is 30.5 Å². The summed E-state index contributed by atoms with van der Waals surface area (Å²) in [6.07, 6.45) is 0.969. The Balaban J connectivity index is 2.29. The van der Waals surface area contributed by atoms with Gasteiger partial charge in [-0.2, -0.15) is 0 Å². The molecule has 0 atom stereocenters. The third-order valence-corrected chi connectivity index (χ3v) is 2.15. The smallest absolute Gasteiger partial charge is 0.337 e. The normalized spacial score (nSPS) is 10.3. The minimum atomic E-state index is -1.22. The van der Waals surface area contributed by atoms with Crippen LogP contribution in [0.1, 0.15) is 10.4 Å². The van der Waals surface area contributed by atoms with Gasteiger partial charge in [-0.25, -0.2) is 22.9 Å². The second-order valence-corrected chi connectivity index (χ2v) is 3.49. The first kappa shape index (κ1) is 12.9. The average molecular weight is 269 g/mol. The van der Waals surface area contributed by atoms with Gasteiger partial charge in [-0.3, -0.25) is 0 Å². The Bertz CT molecular complexity index is 606. The number of ether oxygens (including phenoxy) is 1. The van der Waals surface area contributed by atoms with Crippen LogP contribution in [0.2, 0.25) is 0 Å². The van der Waals surface area contributed by atoms with Crippen molar-refractivity contribution >= 4 is 5.97 Å². The molecule has 7 heteroatoms. The number of carboxylic acid groups (broad SMARTS) is 1. The van der Waals surface area contributed by atoms with Crippen molar-refractivity contribution in [2.45, 2.75) is 0 Å². The number of nitrogens with zero attached hydrogens (tertiary/aromatic N) is 1. The van der Waals surface area contributed by atoms with Crippen LogP contribution in [-0.4, -0.2) is 16.1 Å². The van der Waals surface area contributed by atoms with Gasteiger partial charge in [0.2, 0.25) is 11.6 Å². The first-order chi connectivity index (χ1) is 8.97. The molecule has 1 aromatic carbocycles. The van der Waals surface area contributed by atoms with Crippen molar-refractivity contribution in [3.05, 3.63) is 53.5 Å². The van der Waals surface area contributed by atoms with Crippen molar-refractivity contribution in [1.29, 1.82) is 0 Å². The van der Waals surface area contributed by atoms with Gasteiger partial charge in [0.05, 0.1) is 5.56 Å². The highest BCUT2D eigenvalue weighted by Gasteiger charge is 2.14. The van der Waals surface area contributed by atoms with Crippen molar-refractivity contribution in [2.75, 3.05) is 0 Å². The molecule has 1 heterocycles. The fourth-order valence-corrected chi connectivity index (χ4v) is 1.30. The maximum atomic E-state index is 13.3. The Labute approximate surface area is 105 Å². The van der Waals surface area contributed by atoms with E-state index in [1.54, 1.807) is 0 Å². The van der Waals surface area contributed by atoms with Crippen LogP contribution >= 0.6 is 0 Å². The van der Waals surface area contributed by atoms with Crippen molar-refractivity contribution in [3.63, 3.8) is 0 Å². The van der Waals surface area contributed by atoms with Crippen LogP contribution in [0.25, 0.3) is 0 Å². The predicted octanol–water partition coefficient (Wildman–Crippen LogP) is 2.99. The number of hydrogen-bond donors (Lipinski definition) is 1. The highest BCUT2D eigenvalue weighted by atomic mass is 19.1. The molecule has 0 radical (unpaired) electrons. The van der Waals surface area contributed by atoms with Gasteiger partial charge in [0.1, 0.15) is 5.82 Å². The maximum absolute atomic E-state index is 13.3. The van der Waals surface area contributed by atoms with E-state index in [0.717, 1.165) is 18.3 Å². The van der Waals surface area contributed by atoms with Gasteiger partial charge in [-0.15, -0.1) is 0 Å². The molecule has 0 amide bonds. The van der Waals surface area contributed by atoms with E-state index < -0.39 is 29.2 Å². The standard InChI is InChI=1S/C12H6F3NO3/c13-7-3-8(14)11(9(15)4-7)19-10-2-1-6(5-16-10)12(17)18/h1-5H,(H,17,18). The lowest BCUT2D eigenvalue weighted by molar-refractivity contribution is 0.0696. The SMILES string of the molecule is O=C(O)c1ccc(Oc2c(F)cc(F)cc2F)nc1. The zero-order valence-electron chi connectivity index (χ0n) is 9.23. The van der Waals surface area contributed by atoms with E-state index in [9.17, 15) is 18.0 Å². The Morgan fingerprint density at radius 1 is 1.16 bits per heavy atom.